The molecule has 2 aliphatic rings. The number of rotatable bonds is 32. The molecule has 0 saturated heterocycles. The molecule has 16 nitrogen and oxygen atoms in total. The number of hydrogen-bond acceptors (Lipinski definition) is 12. The Morgan fingerprint density at radius 3 is 0.945 bits per heavy atom. The number of aromatic hydroxyl groups is 4. The third kappa shape index (κ3) is 25.0. The fraction of sp³-hybridized carbons (Fsp3) is 0.308. The lowest BCUT2D eigenvalue weighted by Gasteiger charge is -2.28. The first-order valence-corrected chi connectivity index (χ1v) is 53.1. The van der Waals surface area contributed by atoms with Crippen LogP contribution in [0.3, 0.4) is 0 Å². The van der Waals surface area contributed by atoms with E-state index in [-0.39, 0.29) is 0 Å². The van der Waals surface area contributed by atoms with Gasteiger partial charge in [0.05, 0.1) is 34.2 Å². The Morgan fingerprint density at radius 2 is 0.596 bits per heavy atom. The third-order valence-corrected chi connectivity index (χ3v) is 29.5. The first kappa shape index (κ1) is 104. The lowest BCUT2D eigenvalue weighted by atomic mass is 9.78. The summed E-state index contributed by atoms with van der Waals surface area (Å²) >= 11 is 0. The van der Waals surface area contributed by atoms with Gasteiger partial charge in [-0.15, -0.1) is 0 Å². The minimum Gasteiger partial charge on any atom is -0.507 e. The number of anilines is 4. The number of para-hydroxylation sites is 1. The summed E-state index contributed by atoms with van der Waals surface area (Å²) < 4.78 is 4.62. The van der Waals surface area contributed by atoms with Gasteiger partial charge in [0.1, 0.15) is 46.3 Å². The number of aromatic amines is 2. The number of nitrogens with one attached hydrogen (secondary N) is 2. The van der Waals surface area contributed by atoms with E-state index in [2.05, 4.69) is 336 Å². The van der Waals surface area contributed by atoms with Crippen LogP contribution in [0.4, 0.5) is 22.7 Å². The third-order valence-electron chi connectivity index (χ3n) is 29.5. The van der Waals surface area contributed by atoms with Crippen LogP contribution in [-0.2, 0) is 57.9 Å². The van der Waals surface area contributed by atoms with Crippen molar-refractivity contribution in [1.29, 1.82) is 0 Å². The molecule has 17 aromatic rings. The molecule has 2 aliphatic carbocycles. The highest BCUT2D eigenvalue weighted by molar-refractivity contribution is 5.78. The molecular formula is C130H148N12O4. The first-order valence-electron chi connectivity index (χ1n) is 53.1. The summed E-state index contributed by atoms with van der Waals surface area (Å²) in [5, 5.41) is 42.6. The molecule has 13 aromatic carbocycles. The zero-order valence-corrected chi connectivity index (χ0v) is 88.5. The van der Waals surface area contributed by atoms with Crippen LogP contribution in [0.5, 0.6) is 23.0 Å². The van der Waals surface area contributed by atoms with E-state index in [1.54, 1.807) is 0 Å². The van der Waals surface area contributed by atoms with Gasteiger partial charge in [0, 0.05) is 145 Å². The molecule has 2 saturated carbocycles. The van der Waals surface area contributed by atoms with Crippen LogP contribution < -0.4 is 19.6 Å². The van der Waals surface area contributed by atoms with Gasteiger partial charge in [-0.25, -0.2) is 19.9 Å². The van der Waals surface area contributed by atoms with E-state index in [4.69, 9.17) is 19.9 Å². The smallest absolute Gasteiger partial charge is 0.145 e. The summed E-state index contributed by atoms with van der Waals surface area (Å²) in [6, 6.07) is 105. The van der Waals surface area contributed by atoms with Crippen molar-refractivity contribution in [2.24, 2.45) is 0 Å². The fourth-order valence-corrected chi connectivity index (χ4v) is 21.3. The average molecular weight is 1940 g/mol. The predicted octanol–water partition coefficient (Wildman–Crippen LogP) is 30.7. The summed E-state index contributed by atoms with van der Waals surface area (Å²) in [4.78, 5) is 37.1. The maximum Gasteiger partial charge on any atom is 0.145 e. The molecule has 2 fully saturated rings. The average Bonchev–Trinajstić information content (AvgIpc) is 1.39. The van der Waals surface area contributed by atoms with Crippen LogP contribution in [0.25, 0.3) is 96.3 Å². The summed E-state index contributed by atoms with van der Waals surface area (Å²) in [6.07, 6.45) is 19.5. The molecule has 0 spiro atoms. The maximum absolute atomic E-state index is 11.6. The second kappa shape index (κ2) is 49.1. The van der Waals surface area contributed by atoms with Crippen molar-refractivity contribution < 1.29 is 20.4 Å². The van der Waals surface area contributed by atoms with Crippen molar-refractivity contribution in [3.63, 3.8) is 0 Å². The lowest BCUT2D eigenvalue weighted by molar-refractivity contribution is 0.393. The Morgan fingerprint density at radius 1 is 0.295 bits per heavy atom. The van der Waals surface area contributed by atoms with Gasteiger partial charge in [0.15, 0.2) is 0 Å². The van der Waals surface area contributed by atoms with Gasteiger partial charge in [-0.1, -0.05) is 227 Å². The summed E-state index contributed by atoms with van der Waals surface area (Å²) in [7, 11) is 8.24. The van der Waals surface area contributed by atoms with Crippen LogP contribution in [0.15, 0.2) is 297 Å². The van der Waals surface area contributed by atoms with Crippen molar-refractivity contribution in [3.05, 3.63) is 387 Å². The van der Waals surface area contributed by atoms with Gasteiger partial charge >= 0.3 is 0 Å². The zero-order chi connectivity index (χ0) is 102. The summed E-state index contributed by atoms with van der Waals surface area (Å²) in [6.45, 7) is 27.4. The van der Waals surface area contributed by atoms with Crippen LogP contribution in [0.1, 0.15) is 200 Å². The number of aromatic nitrogens is 8. The number of hydrogen-bond donors (Lipinski definition) is 6. The molecule has 0 atom stereocenters. The van der Waals surface area contributed by atoms with Crippen LogP contribution in [0, 0.1) is 41.5 Å². The van der Waals surface area contributed by atoms with Crippen LogP contribution >= 0.6 is 0 Å². The predicted molar refractivity (Wildman–Crippen MR) is 610 cm³/mol. The number of phenolic OH excluding ortho intramolecular Hbond substituents is 4. The second-order valence-electron chi connectivity index (χ2n) is 40.0. The molecule has 4 aromatic heterocycles. The SMILES string of the molecule is CCN(CC)c1ccc(-c2c(CCc3ccccc3)nc(-c3cc(C)c(O)c(C)c3)n2-c2ccccc2)cc1.CCN(CC)c1ccc(-c2c(CCc3ccccc3)nc(-c3cc(C)c(O)c(C)c3)n2CC)cc1.CN(C)c1ccc(-c2nc(-c3cc(C4CCCCC4)c(O)c(C4CCCCC4)c3)[nH]c2CCc2ccccc2)cc1.Cc1cc(-c2nc(-c3ccc(N(C)C)cc3)c(CCc3ccccc3)[nH]2)cc(C)c1O. The van der Waals surface area contributed by atoms with Gasteiger partial charge in [0.25, 0.3) is 0 Å². The quantitative estimate of drug-likeness (QED) is 0.0235. The van der Waals surface area contributed by atoms with Crippen molar-refractivity contribution in [2.75, 3.05) is 74.0 Å². The molecule has 0 radical (unpaired) electrons. The highest BCUT2D eigenvalue weighted by Gasteiger charge is 2.30. The number of H-pyrrole nitrogens is 2. The molecule has 4 heterocycles. The molecule has 0 amide bonds. The van der Waals surface area contributed by atoms with Crippen LogP contribution in [-0.4, -0.2) is 114 Å². The van der Waals surface area contributed by atoms with Crippen molar-refractivity contribution in [2.45, 2.75) is 210 Å². The van der Waals surface area contributed by atoms with E-state index < -0.39 is 0 Å². The molecule has 6 N–H and O–H groups in total. The van der Waals surface area contributed by atoms with Gasteiger partial charge < -0.3 is 54.6 Å². The van der Waals surface area contributed by atoms with E-state index in [0.717, 1.165) is 236 Å². The van der Waals surface area contributed by atoms with Crippen molar-refractivity contribution >= 4 is 22.7 Å². The minimum atomic E-state index is 0.341. The molecule has 16 heteroatoms. The number of phenols is 4. The molecule has 752 valence electrons. The second-order valence-corrected chi connectivity index (χ2v) is 40.0. The van der Waals surface area contributed by atoms with Gasteiger partial charge in [0.2, 0.25) is 0 Å². The topological polar surface area (TPSA) is 187 Å². The molecule has 146 heavy (non-hydrogen) atoms. The van der Waals surface area contributed by atoms with Gasteiger partial charge in [-0.3, -0.25) is 4.57 Å². The summed E-state index contributed by atoms with van der Waals surface area (Å²) in [5.41, 5.74) is 36.2. The van der Waals surface area contributed by atoms with Gasteiger partial charge in [-0.2, -0.15) is 0 Å². The van der Waals surface area contributed by atoms with E-state index in [1.165, 1.54) is 120 Å². The minimum absolute atomic E-state index is 0.341. The maximum atomic E-state index is 11.6. The zero-order valence-electron chi connectivity index (χ0n) is 88.5. The monoisotopic (exact) mass is 1940 g/mol. The summed E-state index contributed by atoms with van der Waals surface area (Å²) in [5.74, 6) is 6.11. The Bertz CT molecular complexity index is 7000. The van der Waals surface area contributed by atoms with Crippen molar-refractivity contribution in [1.82, 2.24) is 39.0 Å². The molecule has 0 bridgehead atoms. The Hall–Kier alpha value is -14.9. The Balaban J connectivity index is 0.000000140. The number of aryl methyl sites for hydroxylation is 14. The standard InChI is InChI=1S/C37H45N3O.C35H37N3O.C31H37N3O.C27H29N3O/c1-40(2)31-21-19-29(20-22-31)35-34(23-18-26-12-6-3-7-13-26)38-37(39-35)30-24-32(27-14-8-4-9-15-27)36(41)33(25-30)28-16-10-5-11-17-28;1-5-37(6-2)30-20-18-28(19-21-30)33-32(22-17-27-13-9-7-10-14-27)36-35(38(33)31-15-11-8-12-16-31)29-23-25(3)34(39)26(4)24-29;1-6-33(7-2)27-17-15-25(16-18-27)29-28(19-14-24-12-10-9-11-13-24)32-31(34(29)8-3)26-20-22(4)30(35)23(5)21-26;1-18-16-22(17-19(2)26(18)31)27-28-24(15-10-20-8-6-5-7-9-20)25(29-27)21-11-13-23(14-12-21)30(3)4/h3,6-7,12-13,19-22,24-25,27-28,41H,4-5,8-11,14-18,23H2,1-2H3,(H,38,39);7-16,18-21,23-24,39H,5-6,17,22H2,1-4H3;9-13,15-18,20-21,35H,6-8,14,19H2,1-5H3;5-9,11-14,16-17,31H,10,15H2,1-4H3,(H,28,29). The Kier molecular flexibility index (Phi) is 35.0. The van der Waals surface area contributed by atoms with E-state index in [0.29, 0.717) is 34.8 Å². The normalized spacial score (nSPS) is 12.6. The van der Waals surface area contributed by atoms with E-state index in [1.807, 2.05) is 104 Å². The molecular weight excluding hydrogens is 1790 g/mol. The van der Waals surface area contributed by atoms with Gasteiger partial charge in [-0.05, 0) is 341 Å². The molecule has 19 rings (SSSR count). The highest BCUT2D eigenvalue weighted by Crippen LogP contribution is 2.48. The Labute approximate surface area is 866 Å². The lowest BCUT2D eigenvalue weighted by Crippen LogP contribution is -2.21. The first-order chi connectivity index (χ1) is 70.9. The molecule has 0 unspecified atom stereocenters. The van der Waals surface area contributed by atoms with Crippen molar-refractivity contribution in [3.8, 4) is 119 Å². The van der Waals surface area contributed by atoms with Crippen LogP contribution in [0.2, 0.25) is 0 Å². The largest absolute Gasteiger partial charge is 0.507 e. The highest BCUT2D eigenvalue weighted by atomic mass is 16.3. The number of nitrogens with zero attached hydrogens (tertiary/aromatic N) is 10. The van der Waals surface area contributed by atoms with E-state index in [9.17, 15) is 20.4 Å². The molecule has 0 aliphatic heterocycles. The number of benzene rings is 13. The fourth-order valence-electron chi connectivity index (χ4n) is 21.3. The number of imidazole rings is 4. The van der Waals surface area contributed by atoms with E-state index >= 15 is 0 Å².